The van der Waals surface area contributed by atoms with Crippen molar-refractivity contribution in [2.24, 2.45) is 5.92 Å². The van der Waals surface area contributed by atoms with Gasteiger partial charge in [0.15, 0.2) is 0 Å². The summed E-state index contributed by atoms with van der Waals surface area (Å²) < 4.78 is 32.4. The summed E-state index contributed by atoms with van der Waals surface area (Å²) in [5, 5.41) is 3.35. The molecule has 6 nitrogen and oxygen atoms in total. The fraction of sp³-hybridized carbons (Fsp3) is 0.350. The van der Waals surface area contributed by atoms with Gasteiger partial charge in [0.05, 0.1) is 17.7 Å². The van der Waals surface area contributed by atoms with E-state index >= 15 is 0 Å². The van der Waals surface area contributed by atoms with E-state index in [2.05, 4.69) is 5.32 Å². The van der Waals surface area contributed by atoms with Crippen molar-refractivity contribution in [2.75, 3.05) is 31.8 Å². The third kappa shape index (κ3) is 5.06. The molecule has 0 bridgehead atoms. The summed E-state index contributed by atoms with van der Waals surface area (Å²) in [6.45, 7) is 0.606. The average molecular weight is 455 g/mol. The number of thioether (sulfide) groups is 1. The minimum atomic E-state index is -3.56. The number of nitrogens with zero attached hydrogens (tertiary/aromatic N) is 1. The van der Waals surface area contributed by atoms with Crippen molar-refractivity contribution in [3.8, 4) is 5.75 Å². The second-order valence-electron chi connectivity index (χ2n) is 6.69. The van der Waals surface area contributed by atoms with Gasteiger partial charge < -0.3 is 10.1 Å². The molecule has 0 radical (unpaired) electrons. The number of hydrogen-bond acceptors (Lipinski definition) is 5. The number of carbonyl (C=O) groups is 1. The van der Waals surface area contributed by atoms with Crippen LogP contribution in [0.5, 0.6) is 5.75 Å². The van der Waals surface area contributed by atoms with Gasteiger partial charge in [-0.05, 0) is 61.6 Å². The number of sulfonamides is 1. The van der Waals surface area contributed by atoms with Crippen LogP contribution in [0, 0.1) is 5.92 Å². The number of carbonyl (C=O) groups excluding carboxylic acids is 1. The zero-order valence-electron chi connectivity index (χ0n) is 16.2. The molecule has 0 aliphatic carbocycles. The molecule has 156 valence electrons. The topological polar surface area (TPSA) is 75.7 Å². The first-order chi connectivity index (χ1) is 13.8. The Morgan fingerprint density at radius 3 is 2.41 bits per heavy atom. The summed E-state index contributed by atoms with van der Waals surface area (Å²) in [5.74, 6) is 0.0902. The SMILES string of the molecule is COc1ccc(Cl)cc1NC(=O)C1CCN(S(=O)(=O)c2ccc(SC)cc2)CC1. The Kier molecular flexibility index (Phi) is 7.10. The zero-order chi connectivity index (χ0) is 21.0. The lowest BCUT2D eigenvalue weighted by molar-refractivity contribution is -0.120. The van der Waals surface area contributed by atoms with Crippen LogP contribution in [-0.2, 0) is 14.8 Å². The first kappa shape index (κ1) is 22.0. The summed E-state index contributed by atoms with van der Waals surface area (Å²) >= 11 is 7.57. The molecule has 29 heavy (non-hydrogen) atoms. The lowest BCUT2D eigenvalue weighted by atomic mass is 9.97. The number of piperidine rings is 1. The molecule has 3 rings (SSSR count). The number of halogens is 1. The molecule has 1 fully saturated rings. The Labute approximate surface area is 180 Å². The summed E-state index contributed by atoms with van der Waals surface area (Å²) in [6.07, 6.45) is 2.85. The molecule has 1 amide bonds. The molecule has 9 heteroatoms. The number of anilines is 1. The number of amides is 1. The highest BCUT2D eigenvalue weighted by Gasteiger charge is 2.32. The smallest absolute Gasteiger partial charge is 0.243 e. The van der Waals surface area contributed by atoms with Gasteiger partial charge in [-0.2, -0.15) is 4.31 Å². The van der Waals surface area contributed by atoms with E-state index in [4.69, 9.17) is 16.3 Å². The normalized spacial score (nSPS) is 15.8. The van der Waals surface area contributed by atoms with E-state index in [1.165, 1.54) is 11.4 Å². The lowest BCUT2D eigenvalue weighted by Crippen LogP contribution is -2.41. The number of rotatable bonds is 6. The molecule has 0 spiro atoms. The summed E-state index contributed by atoms with van der Waals surface area (Å²) in [5.41, 5.74) is 0.508. The second kappa shape index (κ2) is 9.38. The molecule has 1 N–H and O–H groups in total. The Hall–Kier alpha value is -1.74. The molecular formula is C20H23ClN2O4S2. The van der Waals surface area contributed by atoms with Gasteiger partial charge in [-0.1, -0.05) is 11.6 Å². The van der Waals surface area contributed by atoms with Crippen LogP contribution >= 0.6 is 23.4 Å². The average Bonchev–Trinajstić information content (AvgIpc) is 2.74. The molecule has 1 saturated heterocycles. The first-order valence-corrected chi connectivity index (χ1v) is 12.2. The van der Waals surface area contributed by atoms with Gasteiger partial charge in [-0.15, -0.1) is 11.8 Å². The van der Waals surface area contributed by atoms with E-state index in [1.54, 1.807) is 54.2 Å². The zero-order valence-corrected chi connectivity index (χ0v) is 18.6. The quantitative estimate of drug-likeness (QED) is 0.665. The van der Waals surface area contributed by atoms with Gasteiger partial charge in [-0.3, -0.25) is 4.79 Å². The largest absolute Gasteiger partial charge is 0.495 e. The molecule has 0 unspecified atom stereocenters. The maximum Gasteiger partial charge on any atom is 0.243 e. The number of nitrogens with one attached hydrogen (secondary N) is 1. The third-order valence-corrected chi connectivity index (χ3v) is 7.83. The monoisotopic (exact) mass is 454 g/mol. The van der Waals surface area contributed by atoms with Crippen LogP contribution in [0.2, 0.25) is 5.02 Å². The standard InChI is InChI=1S/C20H23ClN2O4S2/c1-27-19-8-3-15(21)13-18(19)22-20(24)14-9-11-23(12-10-14)29(25,26)17-6-4-16(28-2)5-7-17/h3-8,13-14H,9-12H2,1-2H3,(H,22,24). The molecule has 0 aromatic heterocycles. The third-order valence-electron chi connectivity index (χ3n) is 4.94. The molecule has 0 atom stereocenters. The van der Waals surface area contributed by atoms with Crippen molar-refractivity contribution < 1.29 is 17.9 Å². The Balaban J connectivity index is 1.64. The predicted octanol–water partition coefficient (Wildman–Crippen LogP) is 4.11. The van der Waals surface area contributed by atoms with E-state index in [0.717, 1.165) is 4.90 Å². The van der Waals surface area contributed by atoms with E-state index < -0.39 is 10.0 Å². The molecular weight excluding hydrogens is 432 g/mol. The van der Waals surface area contributed by atoms with E-state index in [1.807, 2.05) is 6.26 Å². The van der Waals surface area contributed by atoms with Crippen molar-refractivity contribution in [2.45, 2.75) is 22.6 Å². The molecule has 2 aromatic carbocycles. The van der Waals surface area contributed by atoms with Crippen LogP contribution in [0.3, 0.4) is 0 Å². The fourth-order valence-corrected chi connectivity index (χ4v) is 5.32. The molecule has 0 saturated carbocycles. The van der Waals surface area contributed by atoms with Crippen molar-refractivity contribution >= 4 is 45.0 Å². The van der Waals surface area contributed by atoms with Gasteiger partial charge in [0.25, 0.3) is 0 Å². The number of hydrogen-bond donors (Lipinski definition) is 1. The Morgan fingerprint density at radius 1 is 1.17 bits per heavy atom. The molecule has 2 aromatic rings. The van der Waals surface area contributed by atoms with Crippen LogP contribution < -0.4 is 10.1 Å². The van der Waals surface area contributed by atoms with Crippen LogP contribution in [0.25, 0.3) is 0 Å². The molecule has 1 aliphatic heterocycles. The van der Waals surface area contributed by atoms with E-state index in [0.29, 0.717) is 42.4 Å². The van der Waals surface area contributed by atoms with Crippen molar-refractivity contribution in [1.82, 2.24) is 4.31 Å². The maximum atomic E-state index is 12.9. The summed E-state index contributed by atoms with van der Waals surface area (Å²) in [4.78, 5) is 14.0. The van der Waals surface area contributed by atoms with Gasteiger partial charge in [0.1, 0.15) is 5.75 Å². The van der Waals surface area contributed by atoms with Gasteiger partial charge in [0, 0.05) is 28.9 Å². The highest BCUT2D eigenvalue weighted by Crippen LogP contribution is 2.30. The van der Waals surface area contributed by atoms with Gasteiger partial charge >= 0.3 is 0 Å². The molecule has 1 heterocycles. The number of ether oxygens (including phenoxy) is 1. The highest BCUT2D eigenvalue weighted by molar-refractivity contribution is 7.98. The van der Waals surface area contributed by atoms with Crippen molar-refractivity contribution in [3.63, 3.8) is 0 Å². The van der Waals surface area contributed by atoms with Crippen LogP contribution in [0.15, 0.2) is 52.3 Å². The van der Waals surface area contributed by atoms with E-state index in [9.17, 15) is 13.2 Å². The van der Waals surface area contributed by atoms with E-state index in [-0.39, 0.29) is 16.7 Å². The summed E-state index contributed by atoms with van der Waals surface area (Å²) in [6, 6.07) is 11.9. The van der Waals surface area contributed by atoms with Crippen LogP contribution in [0.1, 0.15) is 12.8 Å². The minimum absolute atomic E-state index is 0.160. The van der Waals surface area contributed by atoms with Crippen molar-refractivity contribution in [1.29, 1.82) is 0 Å². The maximum absolute atomic E-state index is 12.9. The lowest BCUT2D eigenvalue weighted by Gasteiger charge is -2.30. The van der Waals surface area contributed by atoms with Crippen LogP contribution in [-0.4, -0.2) is 45.1 Å². The summed E-state index contributed by atoms with van der Waals surface area (Å²) in [7, 11) is -2.03. The van der Waals surface area contributed by atoms with Gasteiger partial charge in [-0.25, -0.2) is 8.42 Å². The van der Waals surface area contributed by atoms with Crippen LogP contribution in [0.4, 0.5) is 5.69 Å². The second-order valence-corrected chi connectivity index (χ2v) is 9.94. The van der Waals surface area contributed by atoms with Crippen molar-refractivity contribution in [3.05, 3.63) is 47.5 Å². The Bertz CT molecular complexity index is 972. The predicted molar refractivity (Wildman–Crippen MR) is 116 cm³/mol. The fourth-order valence-electron chi connectivity index (χ4n) is 3.27. The first-order valence-electron chi connectivity index (χ1n) is 9.13. The molecule has 1 aliphatic rings. The highest BCUT2D eigenvalue weighted by atomic mass is 35.5. The number of methoxy groups -OCH3 is 1. The minimum Gasteiger partial charge on any atom is -0.495 e. The number of benzene rings is 2. The van der Waals surface area contributed by atoms with Gasteiger partial charge in [0.2, 0.25) is 15.9 Å². The Morgan fingerprint density at radius 2 is 1.83 bits per heavy atom.